The molecule has 0 spiro atoms. The van der Waals surface area contributed by atoms with Crippen molar-refractivity contribution in [3.63, 3.8) is 0 Å². The van der Waals surface area contributed by atoms with Gasteiger partial charge in [0, 0.05) is 19.3 Å². The van der Waals surface area contributed by atoms with E-state index in [-0.39, 0.29) is 37.5 Å². The summed E-state index contributed by atoms with van der Waals surface area (Å²) in [5.74, 6) is -1.00. The van der Waals surface area contributed by atoms with Crippen molar-refractivity contribution in [3.05, 3.63) is 97.2 Å². The first kappa shape index (κ1) is 65.3. The number of carbonyl (C=O) groups excluding carboxylic acids is 3. The highest BCUT2D eigenvalue weighted by atomic mass is 16.6. The van der Waals surface area contributed by atoms with Crippen LogP contribution in [0.3, 0.4) is 0 Å². The van der Waals surface area contributed by atoms with Gasteiger partial charge in [0.2, 0.25) is 0 Å². The summed E-state index contributed by atoms with van der Waals surface area (Å²) in [4.78, 5) is 38.1. The van der Waals surface area contributed by atoms with E-state index < -0.39 is 6.10 Å². The molecule has 0 aliphatic heterocycles. The molecule has 1 atom stereocenters. The zero-order valence-electron chi connectivity index (χ0n) is 45.0. The van der Waals surface area contributed by atoms with Crippen LogP contribution in [0, 0.1) is 0 Å². The molecule has 0 amide bonds. The van der Waals surface area contributed by atoms with E-state index in [1.54, 1.807) is 0 Å². The average Bonchev–Trinajstić information content (AvgIpc) is 3.35. The Kier molecular flexibility index (Phi) is 53.9. The van der Waals surface area contributed by atoms with Crippen LogP contribution in [0.2, 0.25) is 0 Å². The van der Waals surface area contributed by atoms with Gasteiger partial charge in [-0.2, -0.15) is 0 Å². The Morgan fingerprint density at radius 1 is 0.290 bits per heavy atom. The van der Waals surface area contributed by atoms with E-state index in [1.165, 1.54) is 135 Å². The van der Waals surface area contributed by atoms with Crippen LogP contribution < -0.4 is 0 Å². The molecule has 0 aliphatic rings. The molecule has 394 valence electrons. The summed E-state index contributed by atoms with van der Waals surface area (Å²) >= 11 is 0. The first-order valence-electron chi connectivity index (χ1n) is 28.7. The van der Waals surface area contributed by atoms with E-state index in [0.717, 1.165) is 83.5 Å². The Morgan fingerprint density at radius 2 is 0.551 bits per heavy atom. The third-order valence-electron chi connectivity index (χ3n) is 12.0. The van der Waals surface area contributed by atoms with E-state index in [1.807, 2.05) is 6.08 Å². The van der Waals surface area contributed by atoms with Crippen molar-refractivity contribution >= 4 is 17.9 Å². The minimum absolute atomic E-state index is 0.107. The SMILES string of the molecule is CCCCC/C=C\C/C=C\C/C=C\C/C=C\C/C=C\CCC(=O)OC[C@H](COC(=O)CCCCCCC/C=C\CCCCCC)OC(=O)CCCCCCCCCCC/C=C\C/C=C\CCCCC. The highest BCUT2D eigenvalue weighted by Gasteiger charge is 2.19. The van der Waals surface area contributed by atoms with Crippen molar-refractivity contribution < 1.29 is 28.6 Å². The van der Waals surface area contributed by atoms with Crippen LogP contribution in [0.4, 0.5) is 0 Å². The normalized spacial score (nSPS) is 12.8. The average molecular weight is 960 g/mol. The van der Waals surface area contributed by atoms with Crippen molar-refractivity contribution in [1.82, 2.24) is 0 Å². The van der Waals surface area contributed by atoms with Gasteiger partial charge < -0.3 is 14.2 Å². The number of hydrogen-bond donors (Lipinski definition) is 0. The summed E-state index contributed by atoms with van der Waals surface area (Å²) in [6.07, 6.45) is 75.5. The van der Waals surface area contributed by atoms with Gasteiger partial charge in [0.05, 0.1) is 0 Å². The Hall–Kier alpha value is -3.67. The van der Waals surface area contributed by atoms with Crippen LogP contribution in [0.25, 0.3) is 0 Å². The number of esters is 3. The molecular weight excluding hydrogens is 853 g/mol. The summed E-state index contributed by atoms with van der Waals surface area (Å²) in [6.45, 7) is 6.50. The number of allylic oxidation sites excluding steroid dienone is 16. The molecule has 0 aromatic carbocycles. The van der Waals surface area contributed by atoms with Gasteiger partial charge in [0.25, 0.3) is 0 Å². The van der Waals surface area contributed by atoms with E-state index in [4.69, 9.17) is 14.2 Å². The Bertz CT molecular complexity index is 1380. The van der Waals surface area contributed by atoms with Crippen molar-refractivity contribution in [3.8, 4) is 0 Å². The minimum atomic E-state index is -0.814. The molecule has 0 unspecified atom stereocenters. The number of carbonyl (C=O) groups is 3. The molecule has 0 fully saturated rings. The van der Waals surface area contributed by atoms with Gasteiger partial charge in [-0.1, -0.05) is 227 Å². The number of unbranched alkanes of at least 4 members (excludes halogenated alkanes) is 24. The molecular formula is C63H106O6. The van der Waals surface area contributed by atoms with Crippen LogP contribution in [-0.4, -0.2) is 37.2 Å². The van der Waals surface area contributed by atoms with Crippen LogP contribution in [-0.2, 0) is 28.6 Å². The first-order valence-corrected chi connectivity index (χ1v) is 28.7. The maximum atomic E-state index is 12.9. The fourth-order valence-corrected chi connectivity index (χ4v) is 7.68. The topological polar surface area (TPSA) is 78.9 Å². The molecule has 6 heteroatoms. The van der Waals surface area contributed by atoms with Gasteiger partial charge in [-0.25, -0.2) is 0 Å². The second kappa shape index (κ2) is 56.9. The Balaban J connectivity index is 4.50. The van der Waals surface area contributed by atoms with E-state index >= 15 is 0 Å². The van der Waals surface area contributed by atoms with E-state index in [0.29, 0.717) is 19.3 Å². The third kappa shape index (κ3) is 55.1. The van der Waals surface area contributed by atoms with Crippen molar-refractivity contribution in [2.24, 2.45) is 0 Å². The second-order valence-electron chi connectivity index (χ2n) is 18.8. The second-order valence-corrected chi connectivity index (χ2v) is 18.8. The number of rotatable bonds is 51. The highest BCUT2D eigenvalue weighted by Crippen LogP contribution is 2.14. The third-order valence-corrected chi connectivity index (χ3v) is 12.0. The molecule has 0 bridgehead atoms. The molecule has 0 heterocycles. The number of hydrogen-bond acceptors (Lipinski definition) is 6. The molecule has 0 rings (SSSR count). The van der Waals surface area contributed by atoms with Crippen molar-refractivity contribution in [2.45, 2.75) is 271 Å². The largest absolute Gasteiger partial charge is 0.462 e. The van der Waals surface area contributed by atoms with Gasteiger partial charge >= 0.3 is 17.9 Å². The predicted octanol–water partition coefficient (Wildman–Crippen LogP) is 19.3. The lowest BCUT2D eigenvalue weighted by Crippen LogP contribution is -2.30. The maximum absolute atomic E-state index is 12.9. The zero-order valence-corrected chi connectivity index (χ0v) is 45.0. The van der Waals surface area contributed by atoms with Gasteiger partial charge in [0.1, 0.15) is 13.2 Å². The lowest BCUT2D eigenvalue weighted by Gasteiger charge is -2.18. The smallest absolute Gasteiger partial charge is 0.306 e. The summed E-state index contributed by atoms with van der Waals surface area (Å²) in [5, 5.41) is 0. The lowest BCUT2D eigenvalue weighted by molar-refractivity contribution is -0.166. The fraction of sp³-hybridized carbons (Fsp3) is 0.698. The van der Waals surface area contributed by atoms with Gasteiger partial charge in [0.15, 0.2) is 6.10 Å². The molecule has 0 saturated carbocycles. The summed E-state index contributed by atoms with van der Waals surface area (Å²) < 4.78 is 16.8. The molecule has 0 saturated heterocycles. The maximum Gasteiger partial charge on any atom is 0.306 e. The fourth-order valence-electron chi connectivity index (χ4n) is 7.68. The molecule has 0 aromatic rings. The molecule has 0 aliphatic carbocycles. The first-order chi connectivity index (χ1) is 34.0. The lowest BCUT2D eigenvalue weighted by atomic mass is 10.1. The van der Waals surface area contributed by atoms with Crippen LogP contribution >= 0.6 is 0 Å². The molecule has 0 N–H and O–H groups in total. The van der Waals surface area contributed by atoms with Gasteiger partial charge in [-0.15, -0.1) is 0 Å². The Labute approximate surface area is 426 Å². The van der Waals surface area contributed by atoms with Gasteiger partial charge in [-0.3, -0.25) is 14.4 Å². The summed E-state index contributed by atoms with van der Waals surface area (Å²) in [7, 11) is 0. The van der Waals surface area contributed by atoms with E-state index in [9.17, 15) is 14.4 Å². The van der Waals surface area contributed by atoms with Crippen molar-refractivity contribution in [2.75, 3.05) is 13.2 Å². The van der Waals surface area contributed by atoms with Crippen LogP contribution in [0.5, 0.6) is 0 Å². The number of ether oxygens (including phenoxy) is 3. The standard InChI is InChI=1S/C63H106O6/c1-4-7-10-13-16-19-22-25-27-29-31-33-35-38-41-44-47-50-53-56-62(65)68-59-60(58-67-61(64)55-52-49-46-43-40-37-24-21-18-15-12-9-6-3)69-63(66)57-54-51-48-45-42-39-36-34-32-30-28-26-23-20-17-14-11-8-5-2/h16-17,19-21,24-28,31,33,38,41,47,50,60H,4-15,18,22-23,29-30,32,34-37,39-40,42-46,48-49,51-59H2,1-3H3/b19-16-,20-17-,24-21-,27-25-,28-26-,33-31-,41-38-,50-47-/t60-/m0/s1. The minimum Gasteiger partial charge on any atom is -0.462 e. The summed E-state index contributed by atoms with van der Waals surface area (Å²) in [6, 6.07) is 0. The Morgan fingerprint density at radius 3 is 0.942 bits per heavy atom. The quantitative estimate of drug-likeness (QED) is 0.0262. The molecule has 0 radical (unpaired) electrons. The monoisotopic (exact) mass is 959 g/mol. The molecule has 69 heavy (non-hydrogen) atoms. The van der Waals surface area contributed by atoms with Gasteiger partial charge in [-0.05, 0) is 116 Å². The predicted molar refractivity (Wildman–Crippen MR) is 297 cm³/mol. The molecule has 6 nitrogen and oxygen atoms in total. The van der Waals surface area contributed by atoms with E-state index in [2.05, 4.69) is 112 Å². The van der Waals surface area contributed by atoms with Crippen LogP contribution in [0.15, 0.2) is 97.2 Å². The van der Waals surface area contributed by atoms with Crippen LogP contribution in [0.1, 0.15) is 265 Å². The zero-order chi connectivity index (χ0) is 50.0. The summed E-state index contributed by atoms with van der Waals surface area (Å²) in [5.41, 5.74) is 0. The van der Waals surface area contributed by atoms with Crippen molar-refractivity contribution in [1.29, 1.82) is 0 Å². The highest BCUT2D eigenvalue weighted by molar-refractivity contribution is 5.71. The molecule has 0 aromatic heterocycles.